The molecule has 8 heteroatoms. The van der Waals surface area contributed by atoms with Gasteiger partial charge in [-0.15, -0.1) is 0 Å². The second-order valence-electron chi connectivity index (χ2n) is 6.16. The number of rotatable bonds is 7. The molecule has 0 fully saturated rings. The van der Waals surface area contributed by atoms with Crippen LogP contribution >= 0.6 is 0 Å². The molecule has 1 rings (SSSR count). The summed E-state index contributed by atoms with van der Waals surface area (Å²) in [7, 11) is 4.26. The summed E-state index contributed by atoms with van der Waals surface area (Å²) in [5, 5.41) is 5.16. The molecule has 1 atom stereocenters. The number of hydrogen-bond donors (Lipinski definition) is 2. The molecule has 0 aromatic heterocycles. The average Bonchev–Trinajstić information content (AvgIpc) is 2.57. The fourth-order valence-corrected chi connectivity index (χ4v) is 1.86. The van der Waals surface area contributed by atoms with Gasteiger partial charge in [0.2, 0.25) is 0 Å². The lowest BCUT2D eigenvalue weighted by Crippen LogP contribution is -2.47. The van der Waals surface area contributed by atoms with E-state index in [1.54, 1.807) is 18.2 Å². The van der Waals surface area contributed by atoms with E-state index in [9.17, 15) is 9.59 Å². The van der Waals surface area contributed by atoms with Crippen LogP contribution < -0.4 is 20.1 Å². The molecule has 0 aliphatic heterocycles. The number of hydrogen-bond acceptors (Lipinski definition) is 6. The predicted molar refractivity (Wildman–Crippen MR) is 93.2 cm³/mol. The Bertz CT molecular complexity index is 597. The van der Waals surface area contributed by atoms with Crippen molar-refractivity contribution in [1.82, 2.24) is 5.32 Å². The third-order valence-electron chi connectivity index (χ3n) is 3.13. The zero-order valence-electron chi connectivity index (χ0n) is 15.5. The highest BCUT2D eigenvalue weighted by atomic mass is 16.5. The quantitative estimate of drug-likeness (QED) is 0.729. The number of ether oxygens (including phenoxy) is 4. The molecule has 1 aromatic carbocycles. The SMILES string of the molecule is COC(=O)C(COC(C)(C)C)NC(=O)Nc1ccc(OC)cc1OC. The van der Waals surface area contributed by atoms with E-state index in [-0.39, 0.29) is 6.61 Å². The minimum Gasteiger partial charge on any atom is -0.497 e. The number of nitrogens with one attached hydrogen (secondary N) is 2. The van der Waals surface area contributed by atoms with E-state index in [0.717, 1.165) is 0 Å². The second-order valence-corrected chi connectivity index (χ2v) is 6.16. The van der Waals surface area contributed by atoms with Crippen LogP contribution in [0, 0.1) is 0 Å². The van der Waals surface area contributed by atoms with Crippen LogP contribution in [0.1, 0.15) is 20.8 Å². The summed E-state index contributed by atoms with van der Waals surface area (Å²) < 4.78 is 20.6. The van der Waals surface area contributed by atoms with E-state index >= 15 is 0 Å². The van der Waals surface area contributed by atoms with Crippen LogP contribution in [0.25, 0.3) is 0 Å². The summed E-state index contributed by atoms with van der Waals surface area (Å²) in [5.74, 6) is 0.421. The molecule has 0 spiro atoms. The molecule has 25 heavy (non-hydrogen) atoms. The number of anilines is 1. The third kappa shape index (κ3) is 6.88. The molecule has 0 aliphatic carbocycles. The van der Waals surface area contributed by atoms with Gasteiger partial charge in [-0.25, -0.2) is 9.59 Å². The number of carbonyl (C=O) groups excluding carboxylic acids is 2. The first-order valence-corrected chi connectivity index (χ1v) is 7.71. The van der Waals surface area contributed by atoms with Gasteiger partial charge in [-0.2, -0.15) is 0 Å². The number of amides is 2. The first-order chi connectivity index (χ1) is 11.7. The zero-order valence-corrected chi connectivity index (χ0v) is 15.5. The lowest BCUT2D eigenvalue weighted by molar-refractivity contribution is -0.145. The molecule has 2 N–H and O–H groups in total. The highest BCUT2D eigenvalue weighted by Crippen LogP contribution is 2.28. The Hall–Kier alpha value is -2.48. The first-order valence-electron chi connectivity index (χ1n) is 7.71. The normalized spacial score (nSPS) is 12.1. The van der Waals surface area contributed by atoms with Crippen molar-refractivity contribution in [1.29, 1.82) is 0 Å². The van der Waals surface area contributed by atoms with Gasteiger partial charge in [-0.3, -0.25) is 0 Å². The molecule has 1 aromatic rings. The van der Waals surface area contributed by atoms with Crippen molar-refractivity contribution in [2.45, 2.75) is 32.4 Å². The summed E-state index contributed by atoms with van der Waals surface area (Å²) in [6.45, 7) is 5.54. The fourth-order valence-electron chi connectivity index (χ4n) is 1.86. The topological polar surface area (TPSA) is 95.1 Å². The molecule has 1 unspecified atom stereocenters. The minimum absolute atomic E-state index is 0.0106. The summed E-state index contributed by atoms with van der Waals surface area (Å²) in [5.41, 5.74) is -0.0231. The van der Waals surface area contributed by atoms with Gasteiger partial charge < -0.3 is 29.6 Å². The molecule has 0 heterocycles. The molecule has 8 nitrogen and oxygen atoms in total. The molecule has 2 amide bonds. The molecule has 0 saturated carbocycles. The molecular weight excluding hydrogens is 328 g/mol. The van der Waals surface area contributed by atoms with Crippen LogP contribution in [-0.2, 0) is 14.3 Å². The van der Waals surface area contributed by atoms with E-state index in [4.69, 9.17) is 18.9 Å². The maximum Gasteiger partial charge on any atom is 0.330 e. The molecule has 0 aliphatic rings. The lowest BCUT2D eigenvalue weighted by Gasteiger charge is -2.24. The summed E-state index contributed by atoms with van der Waals surface area (Å²) in [6.07, 6.45) is 0. The Morgan fingerprint density at radius 2 is 1.80 bits per heavy atom. The van der Waals surface area contributed by atoms with Crippen LogP contribution in [0.2, 0.25) is 0 Å². The van der Waals surface area contributed by atoms with E-state index in [2.05, 4.69) is 10.6 Å². The van der Waals surface area contributed by atoms with Crippen molar-refractivity contribution in [2.24, 2.45) is 0 Å². The number of carbonyl (C=O) groups is 2. The number of urea groups is 1. The Morgan fingerprint density at radius 3 is 2.32 bits per heavy atom. The minimum atomic E-state index is -0.937. The second kappa shape index (κ2) is 9.12. The van der Waals surface area contributed by atoms with E-state index < -0.39 is 23.6 Å². The van der Waals surface area contributed by atoms with E-state index in [0.29, 0.717) is 17.2 Å². The van der Waals surface area contributed by atoms with Crippen molar-refractivity contribution in [2.75, 3.05) is 33.3 Å². The summed E-state index contributed by atoms with van der Waals surface area (Å²) in [6, 6.07) is 3.43. The van der Waals surface area contributed by atoms with Crippen molar-refractivity contribution in [3.8, 4) is 11.5 Å². The van der Waals surface area contributed by atoms with Crippen molar-refractivity contribution in [3.05, 3.63) is 18.2 Å². The van der Waals surface area contributed by atoms with Crippen LogP contribution in [0.4, 0.5) is 10.5 Å². The number of esters is 1. The van der Waals surface area contributed by atoms with Gasteiger partial charge in [0.25, 0.3) is 0 Å². The number of methoxy groups -OCH3 is 3. The van der Waals surface area contributed by atoms with Gasteiger partial charge in [-0.1, -0.05) is 0 Å². The van der Waals surface area contributed by atoms with Crippen LogP contribution in [-0.4, -0.2) is 51.6 Å². The smallest absolute Gasteiger partial charge is 0.330 e. The van der Waals surface area contributed by atoms with Gasteiger partial charge >= 0.3 is 12.0 Å². The molecule has 0 radical (unpaired) electrons. The van der Waals surface area contributed by atoms with Gasteiger partial charge in [-0.05, 0) is 32.9 Å². The van der Waals surface area contributed by atoms with Crippen LogP contribution in [0.3, 0.4) is 0 Å². The lowest BCUT2D eigenvalue weighted by atomic mass is 10.2. The van der Waals surface area contributed by atoms with Gasteiger partial charge in [0.15, 0.2) is 6.04 Å². The highest BCUT2D eigenvalue weighted by Gasteiger charge is 2.25. The zero-order chi connectivity index (χ0) is 19.0. The maximum absolute atomic E-state index is 12.2. The molecule has 0 bridgehead atoms. The highest BCUT2D eigenvalue weighted by molar-refractivity contribution is 5.93. The number of benzene rings is 1. The van der Waals surface area contributed by atoms with E-state index in [1.807, 2.05) is 20.8 Å². The van der Waals surface area contributed by atoms with Gasteiger partial charge in [0.05, 0.1) is 39.2 Å². The van der Waals surface area contributed by atoms with Crippen LogP contribution in [0.15, 0.2) is 18.2 Å². The monoisotopic (exact) mass is 354 g/mol. The predicted octanol–water partition coefficient (Wildman–Crippen LogP) is 2.18. The van der Waals surface area contributed by atoms with Gasteiger partial charge in [0.1, 0.15) is 11.5 Å². The fraction of sp³-hybridized carbons (Fsp3) is 0.529. The first kappa shape index (κ1) is 20.6. The van der Waals surface area contributed by atoms with Crippen molar-refractivity contribution >= 4 is 17.7 Å². The third-order valence-corrected chi connectivity index (χ3v) is 3.13. The molecular formula is C17H26N2O6. The van der Waals surface area contributed by atoms with Gasteiger partial charge in [0, 0.05) is 6.07 Å². The Labute approximate surface area is 147 Å². The average molecular weight is 354 g/mol. The summed E-state index contributed by atoms with van der Waals surface area (Å²) in [4.78, 5) is 24.1. The van der Waals surface area contributed by atoms with Crippen molar-refractivity contribution in [3.63, 3.8) is 0 Å². The summed E-state index contributed by atoms with van der Waals surface area (Å²) >= 11 is 0. The van der Waals surface area contributed by atoms with Crippen LogP contribution in [0.5, 0.6) is 11.5 Å². The van der Waals surface area contributed by atoms with Crippen molar-refractivity contribution < 1.29 is 28.5 Å². The molecule has 140 valence electrons. The Morgan fingerprint density at radius 1 is 1.12 bits per heavy atom. The largest absolute Gasteiger partial charge is 0.497 e. The standard InChI is InChI=1S/C17H26N2O6/c1-17(2,3)25-10-13(15(20)24-6)19-16(21)18-12-8-7-11(22-4)9-14(12)23-5/h7-9,13H,10H2,1-6H3,(H2,18,19,21). The Balaban J connectivity index is 2.78. The Kier molecular flexibility index (Phi) is 7.50. The molecule has 0 saturated heterocycles. The maximum atomic E-state index is 12.2. The van der Waals surface area contributed by atoms with E-state index in [1.165, 1.54) is 21.3 Å².